The maximum atomic E-state index is 8.54. The predicted molar refractivity (Wildman–Crippen MR) is 59.2 cm³/mol. The quantitative estimate of drug-likeness (QED) is 0.140. The number of hydrogen-bond donors (Lipinski definition) is 6. The van der Waals surface area contributed by atoms with Gasteiger partial charge < -0.3 is 58.0 Å². The van der Waals surface area contributed by atoms with E-state index in [2.05, 4.69) is 0 Å². The first-order valence-electron chi connectivity index (χ1n) is 3.72. The average Bonchev–Trinajstić information content (AvgIpc) is 1.80. The Morgan fingerprint density at radius 2 is 0.565 bits per heavy atom. The molecule has 0 saturated carbocycles. The molecule has 5 radical (unpaired) electrons. The van der Waals surface area contributed by atoms with Crippen LogP contribution in [-0.2, 0) is 0 Å². The van der Waals surface area contributed by atoms with Gasteiger partial charge >= 0.3 is 0 Å². The van der Waals surface area contributed by atoms with Crippen LogP contribution in [-0.4, -0.2) is 101 Å². The average molecular weight is 982 g/mol. The van der Waals surface area contributed by atoms with Gasteiger partial charge in [0.1, 0.15) is 0 Å². The molecule has 17 heteroatoms. The van der Waals surface area contributed by atoms with Crippen LogP contribution in [0.15, 0.2) is 0 Å². The predicted octanol–water partition coefficient (Wildman–Crippen LogP) is -7.90. The van der Waals surface area contributed by atoms with E-state index in [4.69, 9.17) is 30.6 Å². The molecule has 0 rings (SSSR count). The van der Waals surface area contributed by atoms with Crippen molar-refractivity contribution in [3.8, 4) is 0 Å². The van der Waals surface area contributed by atoms with E-state index in [0.29, 0.717) is 0 Å². The summed E-state index contributed by atoms with van der Waals surface area (Å²) in [5.41, 5.74) is 0. The fourth-order valence-electron chi connectivity index (χ4n) is 0.916. The molecule has 0 saturated heterocycles. The molecule has 0 bridgehead atoms. The molecular weight excluding hydrogens is 957 g/mol. The molecule has 0 amide bonds. The zero-order chi connectivity index (χ0) is 10.4. The molecule has 0 aliphatic heterocycles. The standard InChI is InChI=1S/C6H15NO6.5La.5H2O/c8-4(9)1-7(2-5(10)11)3-6(12)13;;;;;;;;;;/h4-6,8-13H,1-3H2;;;;;;5*1H2. The number of aliphatic hydroxyl groups is 6. The number of nitrogens with zero attached hydrogens (tertiary/aromatic N) is 1. The normalized spacial score (nSPS) is 7.04. The second-order valence-corrected chi connectivity index (χ2v) is 2.66. The molecule has 16 N–H and O–H groups in total. The van der Waals surface area contributed by atoms with Crippen LogP contribution in [0.4, 0.5) is 0 Å². The summed E-state index contributed by atoms with van der Waals surface area (Å²) in [7, 11) is 0. The Bertz CT molecular complexity index is 126. The first kappa shape index (κ1) is 70.4. The van der Waals surface area contributed by atoms with Crippen molar-refractivity contribution in [1.82, 2.24) is 4.90 Å². The third-order valence-electron chi connectivity index (χ3n) is 1.26. The molecule has 0 aliphatic rings. The van der Waals surface area contributed by atoms with Crippen molar-refractivity contribution in [3.63, 3.8) is 0 Å². The first-order chi connectivity index (χ1) is 5.91. The zero-order valence-electron chi connectivity index (χ0n) is 12.4. The molecule has 0 atom stereocenters. The Morgan fingerprint density at radius 3 is 0.652 bits per heavy atom. The van der Waals surface area contributed by atoms with Gasteiger partial charge in [-0.05, 0) is 0 Å². The maximum Gasteiger partial charge on any atom is 0.164 e. The molecule has 0 aromatic heterocycles. The molecule has 0 aromatic rings. The largest absolute Gasteiger partial charge is 0.412 e. The van der Waals surface area contributed by atoms with E-state index in [1.165, 1.54) is 0 Å². The fraction of sp³-hybridized carbons (Fsp3) is 1.00. The maximum absolute atomic E-state index is 8.54. The Labute approximate surface area is 273 Å². The molecule has 0 fully saturated rings. The smallest absolute Gasteiger partial charge is 0.164 e. The van der Waals surface area contributed by atoms with Crippen molar-refractivity contribution in [3.05, 3.63) is 0 Å². The second kappa shape index (κ2) is 45.9. The number of aliphatic hydroxyl groups excluding tert-OH is 3. The van der Waals surface area contributed by atoms with Gasteiger partial charge in [0.25, 0.3) is 0 Å². The molecule has 23 heavy (non-hydrogen) atoms. The van der Waals surface area contributed by atoms with Crippen LogP contribution in [0.2, 0.25) is 0 Å². The number of hydrogen-bond acceptors (Lipinski definition) is 7. The van der Waals surface area contributed by atoms with Crippen molar-refractivity contribution in [1.29, 1.82) is 0 Å². The van der Waals surface area contributed by atoms with Gasteiger partial charge in [0.15, 0.2) is 18.9 Å². The van der Waals surface area contributed by atoms with E-state index in [1.54, 1.807) is 0 Å². The van der Waals surface area contributed by atoms with E-state index in [0.717, 1.165) is 4.90 Å². The third kappa shape index (κ3) is 58.4. The van der Waals surface area contributed by atoms with E-state index >= 15 is 0 Å². The van der Waals surface area contributed by atoms with Crippen LogP contribution in [0.3, 0.4) is 0 Å². The summed E-state index contributed by atoms with van der Waals surface area (Å²) >= 11 is 0. The van der Waals surface area contributed by atoms with Gasteiger partial charge in [-0.2, -0.15) is 0 Å². The summed E-state index contributed by atoms with van der Waals surface area (Å²) < 4.78 is 0. The molecular formula is C6H25La5NO11. The van der Waals surface area contributed by atoms with Crippen LogP contribution in [0.1, 0.15) is 0 Å². The topological polar surface area (TPSA) is 282 Å². The molecule has 135 valence electrons. The second-order valence-electron chi connectivity index (χ2n) is 2.66. The van der Waals surface area contributed by atoms with Crippen molar-refractivity contribution in [2.24, 2.45) is 0 Å². The van der Waals surface area contributed by atoms with Crippen LogP contribution < -0.4 is 0 Å². The summed E-state index contributed by atoms with van der Waals surface area (Å²) in [6, 6.07) is 0. The van der Waals surface area contributed by atoms with Gasteiger partial charge in [-0.1, -0.05) is 0 Å². The monoisotopic (exact) mass is 982 g/mol. The van der Waals surface area contributed by atoms with Crippen molar-refractivity contribution < 1.29 is 236 Å². The van der Waals surface area contributed by atoms with Gasteiger partial charge in [-0.25, -0.2) is 0 Å². The van der Waals surface area contributed by atoms with Gasteiger partial charge in [-0.3, -0.25) is 4.90 Å². The van der Waals surface area contributed by atoms with E-state index in [1.807, 2.05) is 0 Å². The summed E-state index contributed by atoms with van der Waals surface area (Å²) in [4.78, 5) is 1.10. The molecule has 0 aliphatic carbocycles. The minimum absolute atomic E-state index is 0. The van der Waals surface area contributed by atoms with E-state index < -0.39 is 18.9 Å². The Kier molecular flexibility index (Phi) is 141. The minimum Gasteiger partial charge on any atom is -0.412 e. The minimum atomic E-state index is -1.66. The van der Waals surface area contributed by atoms with Crippen LogP contribution >= 0.6 is 0 Å². The van der Waals surface area contributed by atoms with E-state index in [-0.39, 0.29) is 225 Å². The Morgan fingerprint density at radius 1 is 0.435 bits per heavy atom. The van der Waals surface area contributed by atoms with Crippen LogP contribution in [0, 0.1) is 178 Å². The van der Waals surface area contributed by atoms with E-state index in [9.17, 15) is 0 Å². The van der Waals surface area contributed by atoms with Crippen molar-refractivity contribution in [2.45, 2.75) is 18.9 Å². The van der Waals surface area contributed by atoms with Gasteiger partial charge in [0.05, 0.1) is 0 Å². The Hall–Kier alpha value is 5.49. The third-order valence-corrected chi connectivity index (χ3v) is 1.26. The van der Waals surface area contributed by atoms with Crippen molar-refractivity contribution >= 4 is 0 Å². The zero-order valence-corrected chi connectivity index (χ0v) is 30.5. The molecule has 0 unspecified atom stereocenters. The molecule has 0 spiro atoms. The van der Waals surface area contributed by atoms with Gasteiger partial charge in [-0.15, -0.1) is 0 Å². The summed E-state index contributed by atoms with van der Waals surface area (Å²) in [6.07, 6.45) is -4.97. The molecule has 12 nitrogen and oxygen atoms in total. The van der Waals surface area contributed by atoms with Crippen LogP contribution in [0.25, 0.3) is 0 Å². The summed E-state index contributed by atoms with van der Waals surface area (Å²) in [6.45, 7) is -0.847. The molecule has 0 aromatic carbocycles. The van der Waals surface area contributed by atoms with Crippen molar-refractivity contribution in [2.75, 3.05) is 19.6 Å². The molecule has 0 heterocycles. The number of rotatable bonds is 6. The van der Waals surface area contributed by atoms with Gasteiger partial charge in [0.2, 0.25) is 0 Å². The van der Waals surface area contributed by atoms with Gasteiger partial charge in [0, 0.05) is 198 Å². The summed E-state index contributed by atoms with van der Waals surface area (Å²) in [5.74, 6) is 0. The Balaban J connectivity index is -0.0000000160. The summed E-state index contributed by atoms with van der Waals surface area (Å²) in [5, 5.41) is 51.2. The van der Waals surface area contributed by atoms with Crippen LogP contribution in [0.5, 0.6) is 0 Å². The fourth-order valence-corrected chi connectivity index (χ4v) is 0.916. The first-order valence-corrected chi connectivity index (χ1v) is 3.72. The SMILES string of the molecule is O.O.O.O.O.OC(O)CN(CC(O)O)CC(O)O.[La].[La].[La].[La].[La].